The Hall–Kier alpha value is -1.69. The third-order valence-electron chi connectivity index (χ3n) is 3.65. The van der Waals surface area contributed by atoms with Crippen molar-refractivity contribution in [3.63, 3.8) is 0 Å². The van der Waals surface area contributed by atoms with Gasteiger partial charge >= 0.3 is 0 Å². The number of ketones is 1. The third kappa shape index (κ3) is 3.15. The highest BCUT2D eigenvalue weighted by molar-refractivity contribution is 8.00. The number of hydrogen-bond donors (Lipinski definition) is 0. The van der Waals surface area contributed by atoms with Crippen LogP contribution in [0.3, 0.4) is 0 Å². The van der Waals surface area contributed by atoms with Crippen molar-refractivity contribution >= 4 is 17.5 Å². The number of benzene rings is 1. The van der Waals surface area contributed by atoms with Crippen LogP contribution in [0.2, 0.25) is 0 Å². The summed E-state index contributed by atoms with van der Waals surface area (Å²) in [5.74, 6) is 0.119. The van der Waals surface area contributed by atoms with Crippen molar-refractivity contribution in [2.24, 2.45) is 0 Å². The normalized spacial score (nSPS) is 15.9. The molecule has 1 saturated carbocycles. The lowest BCUT2D eigenvalue weighted by Crippen LogP contribution is -2.14. The fourth-order valence-corrected chi connectivity index (χ4v) is 3.10. The number of hydrogen-bond acceptors (Lipinski definition) is 5. The third-order valence-corrected chi connectivity index (χ3v) is 4.70. The van der Waals surface area contributed by atoms with Crippen LogP contribution >= 0.6 is 11.8 Å². The van der Waals surface area contributed by atoms with E-state index in [1.165, 1.54) is 17.3 Å². The molecule has 110 valence electrons. The minimum Gasteiger partial charge on any atom is -0.293 e. The molecule has 1 atom stereocenters. The summed E-state index contributed by atoms with van der Waals surface area (Å²) in [5.41, 5.74) is 1.99. The molecular weight excluding hydrogens is 284 g/mol. The van der Waals surface area contributed by atoms with Gasteiger partial charge in [-0.15, -0.1) is 5.10 Å². The number of Topliss-reactive ketones (excluding diaryl/α,β-unsaturated/α-hetero) is 1. The summed E-state index contributed by atoms with van der Waals surface area (Å²) in [6, 6.07) is 8.26. The minimum atomic E-state index is -0.194. The lowest BCUT2D eigenvalue weighted by Gasteiger charge is -2.10. The van der Waals surface area contributed by atoms with Crippen molar-refractivity contribution < 1.29 is 4.79 Å². The van der Waals surface area contributed by atoms with Gasteiger partial charge in [0, 0.05) is 5.56 Å². The highest BCUT2D eigenvalue weighted by Gasteiger charge is 2.29. The highest BCUT2D eigenvalue weighted by atomic mass is 32.2. The van der Waals surface area contributed by atoms with Gasteiger partial charge in [0.2, 0.25) is 5.16 Å². The first kappa shape index (κ1) is 14.3. The molecule has 3 rings (SSSR count). The van der Waals surface area contributed by atoms with E-state index in [0.717, 1.165) is 30.0 Å². The topological polar surface area (TPSA) is 60.7 Å². The Morgan fingerprint density at radius 3 is 2.71 bits per heavy atom. The van der Waals surface area contributed by atoms with Gasteiger partial charge in [-0.1, -0.05) is 43.0 Å². The molecule has 1 unspecified atom stereocenters. The van der Waals surface area contributed by atoms with Gasteiger partial charge in [-0.25, -0.2) is 4.68 Å². The predicted octanol–water partition coefficient (Wildman–Crippen LogP) is 2.93. The zero-order valence-corrected chi connectivity index (χ0v) is 13.0. The first-order chi connectivity index (χ1) is 10.2. The van der Waals surface area contributed by atoms with Crippen molar-refractivity contribution in [3.05, 3.63) is 35.4 Å². The predicted molar refractivity (Wildman–Crippen MR) is 81.6 cm³/mol. The van der Waals surface area contributed by atoms with Crippen LogP contribution in [0.5, 0.6) is 0 Å². The second-order valence-electron chi connectivity index (χ2n) is 5.31. The van der Waals surface area contributed by atoms with Gasteiger partial charge in [0.15, 0.2) is 5.78 Å². The SMILES string of the molecule is CCc1ccc(C(=O)C(C)Sc2nnnn2C2CC2)cc1. The molecule has 1 aromatic carbocycles. The summed E-state index contributed by atoms with van der Waals surface area (Å²) < 4.78 is 1.84. The first-order valence-electron chi connectivity index (χ1n) is 7.26. The molecule has 2 aromatic rings. The van der Waals surface area contributed by atoms with Gasteiger partial charge in [0.1, 0.15) is 0 Å². The Bertz CT molecular complexity index is 633. The van der Waals surface area contributed by atoms with Crippen LogP contribution in [0.1, 0.15) is 48.7 Å². The van der Waals surface area contributed by atoms with Crippen LogP contribution in [0, 0.1) is 0 Å². The van der Waals surface area contributed by atoms with Crippen LogP contribution in [0.4, 0.5) is 0 Å². The van der Waals surface area contributed by atoms with Gasteiger partial charge in [-0.05, 0) is 42.2 Å². The number of aromatic nitrogens is 4. The maximum absolute atomic E-state index is 12.5. The van der Waals surface area contributed by atoms with Crippen molar-refractivity contribution in [1.29, 1.82) is 0 Å². The van der Waals surface area contributed by atoms with E-state index in [0.29, 0.717) is 6.04 Å². The summed E-state index contributed by atoms with van der Waals surface area (Å²) in [7, 11) is 0. The van der Waals surface area contributed by atoms with Crippen molar-refractivity contribution in [2.45, 2.75) is 49.6 Å². The molecule has 0 radical (unpaired) electrons. The Balaban J connectivity index is 1.70. The van der Waals surface area contributed by atoms with Gasteiger partial charge in [-0.2, -0.15) is 0 Å². The van der Waals surface area contributed by atoms with Crippen LogP contribution in [-0.4, -0.2) is 31.2 Å². The fraction of sp³-hybridized carbons (Fsp3) is 0.467. The summed E-state index contributed by atoms with van der Waals surface area (Å²) in [5, 5.41) is 12.3. The number of carbonyl (C=O) groups excluding carboxylic acids is 1. The molecule has 0 bridgehead atoms. The zero-order valence-electron chi connectivity index (χ0n) is 12.2. The molecule has 1 aromatic heterocycles. The van der Waals surface area contributed by atoms with E-state index in [4.69, 9.17) is 0 Å². The molecule has 1 heterocycles. The first-order valence-corrected chi connectivity index (χ1v) is 8.14. The lowest BCUT2D eigenvalue weighted by molar-refractivity contribution is 0.0994. The smallest absolute Gasteiger partial charge is 0.210 e. The van der Waals surface area contributed by atoms with E-state index in [9.17, 15) is 4.79 Å². The van der Waals surface area contributed by atoms with E-state index in [2.05, 4.69) is 22.4 Å². The number of carbonyl (C=O) groups is 1. The Labute approximate surface area is 128 Å². The maximum atomic E-state index is 12.5. The van der Waals surface area contributed by atoms with Gasteiger partial charge < -0.3 is 0 Å². The largest absolute Gasteiger partial charge is 0.293 e. The van der Waals surface area contributed by atoms with Crippen molar-refractivity contribution in [2.75, 3.05) is 0 Å². The molecule has 0 saturated heterocycles. The van der Waals surface area contributed by atoms with Crippen LogP contribution in [0.15, 0.2) is 29.4 Å². The average Bonchev–Trinajstić information content (AvgIpc) is 3.26. The highest BCUT2D eigenvalue weighted by Crippen LogP contribution is 2.37. The zero-order chi connectivity index (χ0) is 14.8. The second-order valence-corrected chi connectivity index (χ2v) is 6.62. The van der Waals surface area contributed by atoms with Crippen molar-refractivity contribution in [3.8, 4) is 0 Å². The van der Waals surface area contributed by atoms with Crippen LogP contribution in [0.25, 0.3) is 0 Å². The van der Waals surface area contributed by atoms with Crippen molar-refractivity contribution in [1.82, 2.24) is 20.2 Å². The number of aryl methyl sites for hydroxylation is 1. The Morgan fingerprint density at radius 2 is 2.10 bits per heavy atom. The fourth-order valence-electron chi connectivity index (χ4n) is 2.16. The standard InChI is InChI=1S/C15H18N4OS/c1-3-11-4-6-12(7-5-11)14(20)10(2)21-15-16-17-18-19(15)13-8-9-13/h4-7,10,13H,3,8-9H2,1-2H3. The molecule has 1 aliphatic carbocycles. The minimum absolute atomic E-state index is 0.119. The molecule has 5 nitrogen and oxygen atoms in total. The molecule has 0 N–H and O–H groups in total. The Morgan fingerprint density at radius 1 is 1.38 bits per heavy atom. The molecular formula is C15H18N4OS. The van der Waals surface area contributed by atoms with E-state index in [-0.39, 0.29) is 11.0 Å². The van der Waals surface area contributed by atoms with E-state index >= 15 is 0 Å². The van der Waals surface area contributed by atoms with Crippen LogP contribution in [-0.2, 0) is 6.42 Å². The molecule has 21 heavy (non-hydrogen) atoms. The number of nitrogens with zero attached hydrogens (tertiary/aromatic N) is 4. The monoisotopic (exact) mass is 302 g/mol. The van der Waals surface area contributed by atoms with Gasteiger partial charge in [-0.3, -0.25) is 4.79 Å². The summed E-state index contributed by atoms with van der Waals surface area (Å²) in [6.45, 7) is 4.01. The lowest BCUT2D eigenvalue weighted by atomic mass is 10.1. The number of tetrazole rings is 1. The molecule has 0 amide bonds. The maximum Gasteiger partial charge on any atom is 0.210 e. The average molecular weight is 302 g/mol. The summed E-state index contributed by atoms with van der Waals surface area (Å²) in [4.78, 5) is 12.5. The van der Waals surface area contributed by atoms with E-state index in [1.54, 1.807) is 0 Å². The molecule has 1 fully saturated rings. The molecule has 0 spiro atoms. The quantitative estimate of drug-likeness (QED) is 0.606. The number of rotatable bonds is 6. The number of thioether (sulfide) groups is 1. The van der Waals surface area contributed by atoms with E-state index < -0.39 is 0 Å². The Kier molecular flexibility index (Phi) is 4.05. The second kappa shape index (κ2) is 5.97. The van der Waals surface area contributed by atoms with E-state index in [1.807, 2.05) is 35.9 Å². The van der Waals surface area contributed by atoms with Gasteiger partial charge in [0.05, 0.1) is 11.3 Å². The summed E-state index contributed by atoms with van der Waals surface area (Å²) >= 11 is 1.44. The molecule has 6 heteroatoms. The van der Waals surface area contributed by atoms with Crippen LogP contribution < -0.4 is 0 Å². The molecule has 1 aliphatic rings. The molecule has 0 aliphatic heterocycles. The summed E-state index contributed by atoms with van der Waals surface area (Å²) in [6.07, 6.45) is 3.23. The van der Waals surface area contributed by atoms with Gasteiger partial charge in [0.25, 0.3) is 0 Å².